The van der Waals surface area contributed by atoms with E-state index in [2.05, 4.69) is 25.7 Å². The number of anilines is 2. The summed E-state index contributed by atoms with van der Waals surface area (Å²) in [6.45, 7) is 0.421. The number of hydrogen-bond acceptors (Lipinski definition) is 7. The second kappa shape index (κ2) is 6.51. The number of fused-ring (bicyclic) bond motifs is 1. The molecule has 1 aliphatic rings. The van der Waals surface area contributed by atoms with E-state index in [0.717, 1.165) is 0 Å². The number of hydrogen-bond donors (Lipinski definition) is 1. The van der Waals surface area contributed by atoms with Crippen LogP contribution >= 0.6 is 11.6 Å². The maximum Gasteiger partial charge on any atom is 0.257 e. The second-order valence-corrected chi connectivity index (χ2v) is 6.48. The minimum absolute atomic E-state index is 0.109. The van der Waals surface area contributed by atoms with Gasteiger partial charge < -0.3 is 15.0 Å². The minimum Gasteiger partial charge on any atom is -0.494 e. The van der Waals surface area contributed by atoms with Crippen molar-refractivity contribution in [2.24, 2.45) is 7.05 Å². The summed E-state index contributed by atoms with van der Waals surface area (Å²) in [5.41, 5.74) is 3.04. The number of carbonyl (C=O) groups excluding carboxylic acids is 1. The van der Waals surface area contributed by atoms with Crippen molar-refractivity contribution in [2.45, 2.75) is 6.54 Å². The van der Waals surface area contributed by atoms with Crippen molar-refractivity contribution >= 4 is 28.9 Å². The Labute approximate surface area is 159 Å². The molecule has 0 aliphatic carbocycles. The van der Waals surface area contributed by atoms with E-state index >= 15 is 0 Å². The van der Waals surface area contributed by atoms with Crippen molar-refractivity contribution in [3.05, 3.63) is 40.7 Å². The highest BCUT2D eigenvalue weighted by molar-refractivity contribution is 6.30. The Balaban J connectivity index is 1.80. The number of nitrogens with one attached hydrogen (secondary N) is 1. The highest BCUT2D eigenvalue weighted by Gasteiger charge is 2.30. The number of rotatable bonds is 4. The number of amides is 1. The summed E-state index contributed by atoms with van der Waals surface area (Å²) in [5, 5.41) is 15.7. The zero-order valence-electron chi connectivity index (χ0n) is 14.9. The summed E-state index contributed by atoms with van der Waals surface area (Å²) in [7, 11) is 4.97. The number of tetrazole rings is 1. The van der Waals surface area contributed by atoms with Gasteiger partial charge in [0.05, 0.1) is 48.9 Å². The van der Waals surface area contributed by atoms with Gasteiger partial charge in [0.1, 0.15) is 5.15 Å². The van der Waals surface area contributed by atoms with Crippen LogP contribution in [0.3, 0.4) is 0 Å². The SMILES string of the molecule is COc1c(Nc2cc(Cl)nc3c2C(=O)N(C)C3)cccc1-c1nnn(C)n1. The highest BCUT2D eigenvalue weighted by atomic mass is 35.5. The molecular weight excluding hydrogens is 370 g/mol. The summed E-state index contributed by atoms with van der Waals surface area (Å²) in [4.78, 5) is 19.7. The van der Waals surface area contributed by atoms with Gasteiger partial charge in [-0.2, -0.15) is 4.80 Å². The Bertz CT molecular complexity index is 1050. The lowest BCUT2D eigenvalue weighted by atomic mass is 10.1. The number of benzene rings is 1. The van der Waals surface area contributed by atoms with E-state index in [4.69, 9.17) is 16.3 Å². The lowest BCUT2D eigenvalue weighted by Crippen LogP contribution is -2.18. The molecule has 3 aromatic rings. The molecule has 0 atom stereocenters. The van der Waals surface area contributed by atoms with Crippen molar-refractivity contribution < 1.29 is 9.53 Å². The van der Waals surface area contributed by atoms with E-state index in [9.17, 15) is 4.79 Å². The molecule has 10 heteroatoms. The smallest absolute Gasteiger partial charge is 0.257 e. The summed E-state index contributed by atoms with van der Waals surface area (Å²) in [5.74, 6) is 0.861. The third-order valence-electron chi connectivity index (χ3n) is 4.25. The molecule has 0 bridgehead atoms. The lowest BCUT2D eigenvalue weighted by molar-refractivity contribution is 0.0817. The second-order valence-electron chi connectivity index (χ2n) is 6.09. The zero-order valence-corrected chi connectivity index (χ0v) is 15.7. The van der Waals surface area contributed by atoms with Gasteiger partial charge >= 0.3 is 0 Å². The van der Waals surface area contributed by atoms with Gasteiger partial charge in [0.25, 0.3) is 5.91 Å². The Kier molecular flexibility index (Phi) is 4.15. The third kappa shape index (κ3) is 2.95. The van der Waals surface area contributed by atoms with Crippen molar-refractivity contribution in [2.75, 3.05) is 19.5 Å². The van der Waals surface area contributed by atoms with Crippen molar-refractivity contribution in [3.63, 3.8) is 0 Å². The number of para-hydroxylation sites is 1. The highest BCUT2D eigenvalue weighted by Crippen LogP contribution is 2.38. The fourth-order valence-corrected chi connectivity index (χ4v) is 3.28. The van der Waals surface area contributed by atoms with Crippen molar-refractivity contribution in [3.8, 4) is 17.1 Å². The Morgan fingerprint density at radius 3 is 2.78 bits per heavy atom. The molecule has 0 saturated heterocycles. The van der Waals surface area contributed by atoms with E-state index in [1.54, 1.807) is 32.2 Å². The number of aromatic nitrogens is 5. The van der Waals surface area contributed by atoms with Gasteiger partial charge in [0.15, 0.2) is 5.75 Å². The summed E-state index contributed by atoms with van der Waals surface area (Å²) < 4.78 is 5.59. The van der Waals surface area contributed by atoms with Crippen LogP contribution in [-0.4, -0.2) is 50.2 Å². The molecule has 0 saturated carbocycles. The molecule has 0 fully saturated rings. The van der Waals surface area contributed by atoms with E-state index in [1.165, 1.54) is 4.80 Å². The summed E-state index contributed by atoms with van der Waals surface area (Å²) in [6, 6.07) is 7.14. The largest absolute Gasteiger partial charge is 0.494 e. The fourth-order valence-electron chi connectivity index (χ4n) is 3.07. The molecule has 9 nitrogen and oxygen atoms in total. The van der Waals surface area contributed by atoms with Crippen LogP contribution in [0.5, 0.6) is 5.75 Å². The first-order valence-electron chi connectivity index (χ1n) is 8.11. The number of aryl methyl sites for hydroxylation is 1. The van der Waals surface area contributed by atoms with Gasteiger partial charge in [-0.15, -0.1) is 10.2 Å². The predicted octanol–water partition coefficient (Wildman–Crippen LogP) is 2.26. The van der Waals surface area contributed by atoms with Crippen LogP contribution in [-0.2, 0) is 13.6 Å². The average Bonchev–Trinajstić information content (AvgIpc) is 3.18. The van der Waals surface area contributed by atoms with Gasteiger partial charge in [-0.25, -0.2) is 4.98 Å². The van der Waals surface area contributed by atoms with E-state index < -0.39 is 0 Å². The molecule has 2 aromatic heterocycles. The lowest BCUT2D eigenvalue weighted by Gasteiger charge is -2.15. The number of pyridine rings is 1. The average molecular weight is 386 g/mol. The summed E-state index contributed by atoms with van der Waals surface area (Å²) in [6.07, 6.45) is 0. The Morgan fingerprint density at radius 2 is 2.07 bits per heavy atom. The Morgan fingerprint density at radius 1 is 1.26 bits per heavy atom. The summed E-state index contributed by atoms with van der Waals surface area (Å²) >= 11 is 6.15. The normalized spacial score (nSPS) is 13.0. The molecule has 0 spiro atoms. The molecular formula is C17H16ClN7O2. The first-order valence-corrected chi connectivity index (χ1v) is 8.49. The quantitative estimate of drug-likeness (QED) is 0.688. The molecule has 4 rings (SSSR count). The van der Waals surface area contributed by atoms with Gasteiger partial charge in [0, 0.05) is 7.05 Å². The molecule has 138 valence electrons. The first-order chi connectivity index (χ1) is 13.0. The molecule has 0 radical (unpaired) electrons. The number of carbonyl (C=O) groups is 1. The van der Waals surface area contributed by atoms with Crippen LogP contribution in [0.1, 0.15) is 16.1 Å². The number of halogens is 1. The van der Waals surface area contributed by atoms with Gasteiger partial charge in [0.2, 0.25) is 5.82 Å². The maximum atomic E-state index is 12.5. The van der Waals surface area contributed by atoms with Crippen LogP contribution < -0.4 is 10.1 Å². The molecule has 0 unspecified atom stereocenters. The minimum atomic E-state index is -0.109. The zero-order chi connectivity index (χ0) is 19.1. The van der Waals surface area contributed by atoms with Gasteiger partial charge in [-0.1, -0.05) is 17.7 Å². The van der Waals surface area contributed by atoms with Crippen LogP contribution in [0, 0.1) is 0 Å². The van der Waals surface area contributed by atoms with Gasteiger partial charge in [-0.3, -0.25) is 4.79 Å². The van der Waals surface area contributed by atoms with Crippen LogP contribution in [0.4, 0.5) is 11.4 Å². The molecule has 1 amide bonds. The maximum absolute atomic E-state index is 12.5. The van der Waals surface area contributed by atoms with E-state index in [0.29, 0.717) is 51.5 Å². The number of nitrogens with zero attached hydrogens (tertiary/aromatic N) is 6. The molecule has 1 aromatic carbocycles. The van der Waals surface area contributed by atoms with Crippen LogP contribution in [0.15, 0.2) is 24.3 Å². The molecule has 1 aliphatic heterocycles. The fraction of sp³-hybridized carbons (Fsp3) is 0.235. The Hall–Kier alpha value is -3.20. The van der Waals surface area contributed by atoms with E-state index in [-0.39, 0.29) is 5.91 Å². The molecule has 3 heterocycles. The van der Waals surface area contributed by atoms with Crippen molar-refractivity contribution in [1.82, 2.24) is 30.1 Å². The first kappa shape index (κ1) is 17.2. The van der Waals surface area contributed by atoms with Crippen LogP contribution in [0.25, 0.3) is 11.4 Å². The monoisotopic (exact) mass is 385 g/mol. The van der Waals surface area contributed by atoms with Gasteiger partial charge in [-0.05, 0) is 23.4 Å². The predicted molar refractivity (Wildman–Crippen MR) is 99.1 cm³/mol. The number of methoxy groups -OCH3 is 1. The van der Waals surface area contributed by atoms with Crippen LogP contribution in [0.2, 0.25) is 5.15 Å². The molecule has 1 N–H and O–H groups in total. The number of ether oxygens (including phenoxy) is 1. The van der Waals surface area contributed by atoms with Crippen molar-refractivity contribution in [1.29, 1.82) is 0 Å². The standard InChI is InChI=1S/C17H16ClN7O2/c1-24-8-12-14(17(24)26)11(7-13(18)20-12)19-10-6-4-5-9(15(10)27-3)16-21-23-25(2)22-16/h4-7H,8H2,1-3H3,(H,19,20). The van der Waals surface area contributed by atoms with E-state index in [1.807, 2.05) is 18.2 Å². The topological polar surface area (TPSA) is 98.1 Å². The molecule has 27 heavy (non-hydrogen) atoms. The third-order valence-corrected chi connectivity index (χ3v) is 4.44.